The Hall–Kier alpha value is -3.17. The van der Waals surface area contributed by atoms with Crippen LogP contribution in [0, 0.1) is 11.6 Å². The molecule has 8 nitrogen and oxygen atoms in total. The van der Waals surface area contributed by atoms with E-state index < -0.39 is 38.9 Å². The molecule has 4 heterocycles. The van der Waals surface area contributed by atoms with E-state index in [4.69, 9.17) is 14.5 Å². The van der Waals surface area contributed by atoms with Crippen LogP contribution in [0.5, 0.6) is 0 Å². The maximum atomic E-state index is 15.1. The number of amides is 1. The molecule has 2 aliphatic rings. The molecule has 6 rings (SSSR count). The number of aromatic nitrogens is 3. The first kappa shape index (κ1) is 26.1. The Kier molecular flexibility index (Phi) is 7.70. The van der Waals surface area contributed by atoms with Crippen molar-refractivity contribution >= 4 is 41.7 Å². The second kappa shape index (κ2) is 11.5. The van der Waals surface area contributed by atoms with Crippen LogP contribution in [0.1, 0.15) is 15.9 Å². The summed E-state index contributed by atoms with van der Waals surface area (Å²) in [7, 11) is 0. The first-order valence-corrected chi connectivity index (χ1v) is 15.0. The van der Waals surface area contributed by atoms with Crippen LogP contribution in [-0.2, 0) is 16.0 Å². The Bertz CT molecular complexity index is 1460. The quantitative estimate of drug-likeness (QED) is 0.314. The summed E-state index contributed by atoms with van der Waals surface area (Å²) in [6, 6.07) is 12.8. The minimum atomic E-state index is -0.900. The average molecular weight is 595 g/mol. The van der Waals surface area contributed by atoms with Crippen LogP contribution < -0.4 is 8.96 Å². The molecule has 1 amide bonds. The first-order chi connectivity index (χ1) is 19.0. The fraction of sp³-hybridized carbons (Fsp3) is 0.321. The molecule has 2 aliphatic heterocycles. The molecule has 1 atom stereocenters. The molecule has 0 spiro atoms. The monoisotopic (exact) mass is 595 g/mol. The van der Waals surface area contributed by atoms with Gasteiger partial charge in [-0.25, -0.2) is 0 Å². The minimum absolute atomic E-state index is 0.260. The van der Waals surface area contributed by atoms with Crippen molar-refractivity contribution in [3.8, 4) is 5.69 Å². The zero-order valence-electron chi connectivity index (χ0n) is 21.3. The molecular weight excluding hydrogens is 567 g/mol. The summed E-state index contributed by atoms with van der Waals surface area (Å²) in [4.78, 5) is 25.9. The van der Waals surface area contributed by atoms with E-state index >= 15 is 8.78 Å². The van der Waals surface area contributed by atoms with Crippen molar-refractivity contribution in [1.29, 1.82) is 0 Å². The number of ether oxygens (including phenoxy) is 2. The summed E-state index contributed by atoms with van der Waals surface area (Å²) in [5.41, 5.74) is 1.54. The number of hydrogen-bond acceptors (Lipinski definition) is 6. The average Bonchev–Trinajstić information content (AvgIpc) is 3.38. The normalized spacial score (nSPS) is 16.9. The van der Waals surface area contributed by atoms with Gasteiger partial charge >= 0.3 is 227 Å². The van der Waals surface area contributed by atoms with Crippen LogP contribution in [0.3, 0.4) is 0 Å². The number of fused-ring (bicyclic) bond motifs is 1. The second-order valence-electron chi connectivity index (χ2n) is 9.56. The van der Waals surface area contributed by atoms with E-state index in [0.29, 0.717) is 32.0 Å². The molecule has 2 saturated heterocycles. The van der Waals surface area contributed by atoms with Crippen molar-refractivity contribution in [3.05, 3.63) is 77.6 Å². The van der Waals surface area contributed by atoms with Gasteiger partial charge in [0.05, 0.1) is 0 Å². The van der Waals surface area contributed by atoms with E-state index in [0.717, 1.165) is 42.8 Å². The molecule has 2 fully saturated rings. The third-order valence-electron chi connectivity index (χ3n) is 6.96. The van der Waals surface area contributed by atoms with E-state index in [1.54, 1.807) is 17.0 Å². The van der Waals surface area contributed by atoms with Gasteiger partial charge in [-0.2, -0.15) is 0 Å². The van der Waals surface area contributed by atoms with Crippen LogP contribution >= 0.6 is 0 Å². The molecule has 0 N–H and O–H groups in total. The Morgan fingerprint density at radius 3 is 2.28 bits per heavy atom. The topological polar surface area (TPSA) is 72.7 Å². The molecule has 0 radical (unpaired) electrons. The van der Waals surface area contributed by atoms with Crippen LogP contribution in [0.2, 0.25) is 0 Å². The van der Waals surface area contributed by atoms with Crippen molar-refractivity contribution < 1.29 is 23.0 Å². The van der Waals surface area contributed by atoms with Gasteiger partial charge in [0.2, 0.25) is 0 Å². The molecule has 1 unspecified atom stereocenters. The number of nitrogens with zero attached hydrogens (tertiary/aromatic N) is 5. The fourth-order valence-electron chi connectivity index (χ4n) is 4.85. The molecule has 2 aromatic carbocycles. The number of morpholine rings is 2. The molecule has 0 aliphatic carbocycles. The molecule has 39 heavy (non-hydrogen) atoms. The fourth-order valence-corrected chi connectivity index (χ4v) is 6.71. The SMILES string of the molecule is O=C(c1c(F)cc(-n2ccc3cnc([AsH]c4ccc(CN5CCOCC5)cc4)nc32)cc1F)N1CCOCC1. The molecule has 11 heteroatoms. The zero-order valence-corrected chi connectivity index (χ0v) is 23.4. The molecule has 0 saturated carbocycles. The summed E-state index contributed by atoms with van der Waals surface area (Å²) < 4.78 is 44.4. The third kappa shape index (κ3) is 5.75. The Balaban J connectivity index is 1.21. The molecule has 202 valence electrons. The van der Waals surface area contributed by atoms with Crippen LogP contribution in [0.15, 0.2) is 54.9 Å². The summed E-state index contributed by atoms with van der Waals surface area (Å²) in [5.74, 6) is -2.46. The number of carbonyl (C=O) groups is 1. The van der Waals surface area contributed by atoms with E-state index in [-0.39, 0.29) is 5.69 Å². The van der Waals surface area contributed by atoms with Crippen molar-refractivity contribution in [1.82, 2.24) is 24.3 Å². The number of rotatable bonds is 6. The number of benzene rings is 2. The van der Waals surface area contributed by atoms with E-state index in [1.165, 1.54) is 26.9 Å². The van der Waals surface area contributed by atoms with Crippen LogP contribution in [-0.4, -0.2) is 98.6 Å². The van der Waals surface area contributed by atoms with Gasteiger partial charge in [-0.1, -0.05) is 0 Å². The van der Waals surface area contributed by atoms with Gasteiger partial charge in [-0.05, 0) is 0 Å². The molecule has 2 aromatic heterocycles. The zero-order chi connectivity index (χ0) is 26.8. The van der Waals surface area contributed by atoms with E-state index in [2.05, 4.69) is 34.1 Å². The summed E-state index contributed by atoms with van der Waals surface area (Å²) in [6.45, 7) is 5.68. The standard InChI is InChI=1S/C28H28AsF2N5O3/c30-23-15-22(16-24(31)25(23)27(37)35-9-13-39-14-10-35)36-6-5-20-17-32-28(33-26(20)36)29-21-3-1-19(2-4-21)18-34-7-11-38-12-8-34/h1-6,15-17,29H,7-14,18H2. The van der Waals surface area contributed by atoms with E-state index in [1.807, 2.05) is 6.07 Å². The van der Waals surface area contributed by atoms with Gasteiger partial charge in [-0.3, -0.25) is 0 Å². The third-order valence-corrected chi connectivity index (χ3v) is 9.24. The maximum absolute atomic E-state index is 15.1. The number of carbonyl (C=O) groups excluding carboxylic acids is 1. The Morgan fingerprint density at radius 1 is 0.923 bits per heavy atom. The van der Waals surface area contributed by atoms with Gasteiger partial charge in [0.1, 0.15) is 0 Å². The van der Waals surface area contributed by atoms with Gasteiger partial charge in [0.15, 0.2) is 0 Å². The first-order valence-electron chi connectivity index (χ1n) is 12.9. The van der Waals surface area contributed by atoms with Crippen molar-refractivity contribution in [2.45, 2.75) is 6.54 Å². The Morgan fingerprint density at radius 2 is 1.59 bits per heavy atom. The Labute approximate surface area is 231 Å². The van der Waals surface area contributed by atoms with Gasteiger partial charge < -0.3 is 4.74 Å². The van der Waals surface area contributed by atoms with E-state index in [9.17, 15) is 4.79 Å². The molecule has 4 aromatic rings. The molecule has 0 bridgehead atoms. The van der Waals surface area contributed by atoms with Gasteiger partial charge in [-0.15, -0.1) is 0 Å². The second-order valence-corrected chi connectivity index (χ2v) is 12.2. The van der Waals surface area contributed by atoms with Crippen LogP contribution in [0.25, 0.3) is 16.7 Å². The summed E-state index contributed by atoms with van der Waals surface area (Å²) in [5, 5.41) is 0.764. The number of halogens is 2. The summed E-state index contributed by atoms with van der Waals surface area (Å²) in [6.07, 6.45) is 3.45. The van der Waals surface area contributed by atoms with Crippen molar-refractivity contribution in [2.24, 2.45) is 0 Å². The molecular formula is C28H28AsF2N5O3. The van der Waals surface area contributed by atoms with Crippen LogP contribution in [0.4, 0.5) is 8.78 Å². The predicted octanol–water partition coefficient (Wildman–Crippen LogP) is 1.39. The predicted molar refractivity (Wildman–Crippen MR) is 144 cm³/mol. The van der Waals surface area contributed by atoms with Crippen molar-refractivity contribution in [3.63, 3.8) is 0 Å². The number of hydrogen-bond donors (Lipinski definition) is 0. The van der Waals surface area contributed by atoms with Crippen molar-refractivity contribution in [2.75, 3.05) is 52.6 Å². The van der Waals surface area contributed by atoms with Gasteiger partial charge in [0.25, 0.3) is 0 Å². The summed E-state index contributed by atoms with van der Waals surface area (Å²) >= 11 is -0.817. The van der Waals surface area contributed by atoms with Gasteiger partial charge in [0, 0.05) is 0 Å².